The molecule has 2 nitrogen and oxygen atoms in total. The summed E-state index contributed by atoms with van der Waals surface area (Å²) >= 11 is 0. The number of nitrogens with one attached hydrogen (secondary N) is 1. The van der Waals surface area contributed by atoms with Crippen LogP contribution in [0.25, 0.3) is 0 Å². The lowest BCUT2D eigenvalue weighted by atomic mass is 10.0. The van der Waals surface area contributed by atoms with Gasteiger partial charge >= 0.3 is 0 Å². The van der Waals surface area contributed by atoms with Crippen molar-refractivity contribution in [2.24, 2.45) is 0 Å². The van der Waals surface area contributed by atoms with E-state index in [1.807, 2.05) is 0 Å². The van der Waals surface area contributed by atoms with E-state index in [0.29, 0.717) is 5.78 Å². The number of rotatable bonds is 11. The van der Waals surface area contributed by atoms with E-state index in [9.17, 15) is 4.79 Å². The van der Waals surface area contributed by atoms with Gasteiger partial charge in [0.2, 0.25) is 0 Å². The van der Waals surface area contributed by atoms with Crippen LogP contribution in [0.1, 0.15) is 84.0 Å². The van der Waals surface area contributed by atoms with E-state index in [2.05, 4.69) is 12.2 Å². The summed E-state index contributed by atoms with van der Waals surface area (Å²) in [5, 5.41) is 3.29. The van der Waals surface area contributed by atoms with E-state index in [-0.39, 0.29) is 6.04 Å². The molecule has 0 aromatic rings. The molecule has 2 heteroatoms. The quantitative estimate of drug-likeness (QED) is 0.558. The minimum atomic E-state index is 0.194. The highest BCUT2D eigenvalue weighted by Crippen LogP contribution is 2.13. The number of hydrogen-bond acceptors (Lipinski definition) is 2. The molecule has 1 saturated heterocycles. The van der Waals surface area contributed by atoms with Gasteiger partial charge in [-0.15, -0.1) is 0 Å². The molecule has 1 unspecified atom stereocenters. The zero-order chi connectivity index (χ0) is 13.1. The lowest BCUT2D eigenvalue weighted by molar-refractivity contribution is -0.118. The lowest BCUT2D eigenvalue weighted by Gasteiger charge is -2.08. The molecule has 0 spiro atoms. The van der Waals surface area contributed by atoms with Gasteiger partial charge in [-0.05, 0) is 6.42 Å². The van der Waals surface area contributed by atoms with E-state index in [0.717, 1.165) is 19.4 Å². The van der Waals surface area contributed by atoms with Crippen LogP contribution < -0.4 is 5.32 Å². The second-order valence-corrected chi connectivity index (χ2v) is 5.69. The highest BCUT2D eigenvalue weighted by Gasteiger charge is 2.22. The fourth-order valence-electron chi connectivity index (χ4n) is 2.76. The SMILES string of the molecule is CCCCCCCCCCCCC1NCCC1=O. The van der Waals surface area contributed by atoms with Crippen molar-refractivity contribution in [2.75, 3.05) is 6.54 Å². The third-order valence-electron chi connectivity index (χ3n) is 4.00. The predicted molar refractivity (Wildman–Crippen MR) is 77.9 cm³/mol. The number of carbonyl (C=O) groups is 1. The van der Waals surface area contributed by atoms with Crippen molar-refractivity contribution in [1.29, 1.82) is 0 Å². The summed E-state index contributed by atoms with van der Waals surface area (Å²) in [7, 11) is 0. The van der Waals surface area contributed by atoms with Gasteiger partial charge in [-0.2, -0.15) is 0 Å². The number of unbranched alkanes of at least 4 members (excludes halogenated alkanes) is 9. The van der Waals surface area contributed by atoms with Crippen LogP contribution in [0.5, 0.6) is 0 Å². The van der Waals surface area contributed by atoms with Crippen LogP contribution in [-0.4, -0.2) is 18.4 Å². The topological polar surface area (TPSA) is 29.1 Å². The van der Waals surface area contributed by atoms with E-state index in [1.165, 1.54) is 64.2 Å². The maximum atomic E-state index is 11.4. The smallest absolute Gasteiger partial charge is 0.151 e. The summed E-state index contributed by atoms with van der Waals surface area (Å²) in [6.45, 7) is 3.17. The first-order valence-corrected chi connectivity index (χ1v) is 8.10. The van der Waals surface area contributed by atoms with Gasteiger partial charge < -0.3 is 5.32 Å². The van der Waals surface area contributed by atoms with Crippen LogP contribution in [0.3, 0.4) is 0 Å². The summed E-state index contributed by atoms with van der Waals surface area (Å²) in [5.74, 6) is 0.436. The molecule has 0 aromatic carbocycles. The largest absolute Gasteiger partial charge is 0.307 e. The maximum absolute atomic E-state index is 11.4. The zero-order valence-corrected chi connectivity index (χ0v) is 12.2. The maximum Gasteiger partial charge on any atom is 0.151 e. The Morgan fingerprint density at radius 1 is 0.944 bits per heavy atom. The summed E-state index contributed by atoms with van der Waals surface area (Å²) in [5.41, 5.74) is 0. The van der Waals surface area contributed by atoms with Gasteiger partial charge in [0.25, 0.3) is 0 Å². The van der Waals surface area contributed by atoms with Gasteiger partial charge in [-0.1, -0.05) is 71.1 Å². The Morgan fingerprint density at radius 3 is 2.00 bits per heavy atom. The number of ketones is 1. The first-order chi connectivity index (χ1) is 8.84. The van der Waals surface area contributed by atoms with E-state index < -0.39 is 0 Å². The van der Waals surface area contributed by atoms with Crippen LogP contribution in [0.15, 0.2) is 0 Å². The molecule has 18 heavy (non-hydrogen) atoms. The minimum absolute atomic E-state index is 0.194. The monoisotopic (exact) mass is 253 g/mol. The highest BCUT2D eigenvalue weighted by molar-refractivity contribution is 5.86. The van der Waals surface area contributed by atoms with Gasteiger partial charge in [0.15, 0.2) is 5.78 Å². The third-order valence-corrected chi connectivity index (χ3v) is 4.00. The molecule has 1 rings (SSSR count). The molecule has 0 amide bonds. The van der Waals surface area contributed by atoms with Crippen molar-refractivity contribution in [3.05, 3.63) is 0 Å². The van der Waals surface area contributed by atoms with Crippen LogP contribution in [0.2, 0.25) is 0 Å². The van der Waals surface area contributed by atoms with Crippen LogP contribution in [0, 0.1) is 0 Å². The Hall–Kier alpha value is -0.370. The fourth-order valence-corrected chi connectivity index (χ4v) is 2.76. The lowest BCUT2D eigenvalue weighted by Crippen LogP contribution is -2.26. The Morgan fingerprint density at radius 2 is 1.50 bits per heavy atom. The van der Waals surface area contributed by atoms with Gasteiger partial charge in [0.05, 0.1) is 6.04 Å². The average molecular weight is 253 g/mol. The van der Waals surface area contributed by atoms with Crippen LogP contribution in [-0.2, 0) is 4.79 Å². The zero-order valence-electron chi connectivity index (χ0n) is 12.2. The van der Waals surface area contributed by atoms with Gasteiger partial charge in [-0.25, -0.2) is 0 Å². The molecule has 1 aliphatic heterocycles. The molecule has 0 aromatic heterocycles. The van der Waals surface area contributed by atoms with Crippen molar-refractivity contribution in [3.8, 4) is 0 Å². The second kappa shape index (κ2) is 10.5. The molecule has 1 atom stereocenters. The Bertz CT molecular complexity index is 215. The van der Waals surface area contributed by atoms with E-state index in [4.69, 9.17) is 0 Å². The summed E-state index contributed by atoms with van der Waals surface area (Å²) in [4.78, 5) is 11.4. The molecule has 1 aliphatic rings. The number of hydrogen-bond donors (Lipinski definition) is 1. The summed E-state index contributed by atoms with van der Waals surface area (Å²) in [6, 6.07) is 0.194. The molecular weight excluding hydrogens is 222 g/mol. The van der Waals surface area contributed by atoms with Crippen LogP contribution >= 0.6 is 0 Å². The summed E-state index contributed by atoms with van der Waals surface area (Å²) < 4.78 is 0. The molecule has 0 aliphatic carbocycles. The standard InChI is InChI=1S/C16H31NO/c1-2-3-4-5-6-7-8-9-10-11-12-15-16(18)13-14-17-15/h15,17H,2-14H2,1H3. The summed E-state index contributed by atoms with van der Waals surface area (Å²) in [6.07, 6.45) is 15.5. The normalized spacial score (nSPS) is 19.6. The van der Waals surface area contributed by atoms with Crippen molar-refractivity contribution in [3.63, 3.8) is 0 Å². The van der Waals surface area contributed by atoms with E-state index in [1.54, 1.807) is 0 Å². The molecule has 0 bridgehead atoms. The minimum Gasteiger partial charge on any atom is -0.307 e. The van der Waals surface area contributed by atoms with Crippen molar-refractivity contribution < 1.29 is 4.79 Å². The molecule has 0 saturated carbocycles. The van der Waals surface area contributed by atoms with Crippen molar-refractivity contribution in [1.82, 2.24) is 5.32 Å². The van der Waals surface area contributed by atoms with Crippen molar-refractivity contribution in [2.45, 2.75) is 90.0 Å². The Kier molecular flexibility index (Phi) is 9.19. The fraction of sp³-hybridized carbons (Fsp3) is 0.938. The van der Waals surface area contributed by atoms with E-state index >= 15 is 0 Å². The molecule has 106 valence electrons. The van der Waals surface area contributed by atoms with Gasteiger partial charge in [0.1, 0.15) is 0 Å². The van der Waals surface area contributed by atoms with Gasteiger partial charge in [-0.3, -0.25) is 4.79 Å². The number of carbonyl (C=O) groups excluding carboxylic acids is 1. The highest BCUT2D eigenvalue weighted by atomic mass is 16.1. The third kappa shape index (κ3) is 7.15. The Labute approximate surface area is 113 Å². The molecule has 1 heterocycles. The van der Waals surface area contributed by atoms with Gasteiger partial charge in [0, 0.05) is 13.0 Å². The number of Topliss-reactive ketones (excluding diaryl/α,β-unsaturated/α-hetero) is 1. The molecule has 1 fully saturated rings. The molecule has 0 radical (unpaired) electrons. The molecular formula is C16H31NO. The van der Waals surface area contributed by atoms with Crippen LogP contribution in [0.4, 0.5) is 0 Å². The second-order valence-electron chi connectivity index (χ2n) is 5.69. The first kappa shape index (κ1) is 15.7. The van der Waals surface area contributed by atoms with Crippen molar-refractivity contribution >= 4 is 5.78 Å². The average Bonchev–Trinajstić information content (AvgIpc) is 2.77. The molecule has 1 N–H and O–H groups in total. The Balaban J connectivity index is 1.77. The predicted octanol–water partition coefficient (Wildman–Crippen LogP) is 4.23. The first-order valence-electron chi connectivity index (χ1n) is 8.10.